The van der Waals surface area contributed by atoms with Gasteiger partial charge in [0.2, 0.25) is 0 Å². The van der Waals surface area contributed by atoms with Crippen LogP contribution in [0.15, 0.2) is 40.3 Å². The number of hydrogen-bond acceptors (Lipinski definition) is 10. The van der Waals surface area contributed by atoms with Crippen LogP contribution in [0.25, 0.3) is 0 Å². The first kappa shape index (κ1) is 23.0. The van der Waals surface area contributed by atoms with E-state index in [0.717, 1.165) is 16.9 Å². The second kappa shape index (κ2) is 9.37. The third-order valence-corrected chi connectivity index (χ3v) is 7.49. The number of pyridine rings is 1. The molecule has 0 bridgehead atoms. The molecule has 2 aliphatic heterocycles. The third-order valence-electron chi connectivity index (χ3n) is 5.19. The number of anilines is 1. The molecule has 4 heterocycles. The number of thioether (sulfide) groups is 1. The molecule has 2 aromatic heterocycles. The average molecular weight is 509 g/mol. The lowest BCUT2D eigenvalue weighted by atomic mass is 9.86. The number of aliphatic carboxylic acids is 1. The summed E-state index contributed by atoms with van der Waals surface area (Å²) in [5.74, 6) is -2.11. The van der Waals surface area contributed by atoms with Crippen molar-refractivity contribution in [2.45, 2.75) is 30.7 Å². The van der Waals surface area contributed by atoms with Crippen molar-refractivity contribution >= 4 is 63.3 Å². The smallest absolute Gasteiger partial charge is 0.353 e. The van der Waals surface area contributed by atoms with Gasteiger partial charge < -0.3 is 21.4 Å². The van der Waals surface area contributed by atoms with Gasteiger partial charge in [-0.15, -0.1) is 11.8 Å². The van der Waals surface area contributed by atoms with E-state index in [1.807, 2.05) is 12.1 Å². The second-order valence-electron chi connectivity index (χ2n) is 7.11. The van der Waals surface area contributed by atoms with Crippen LogP contribution in [0.3, 0.4) is 0 Å². The zero-order chi connectivity index (χ0) is 23.7. The molecule has 2 unspecified atom stereocenters. The first-order valence-electron chi connectivity index (χ1n) is 9.58. The van der Waals surface area contributed by atoms with E-state index in [1.165, 1.54) is 16.7 Å². The maximum atomic E-state index is 12.8. The van der Waals surface area contributed by atoms with Gasteiger partial charge in [0.25, 0.3) is 11.8 Å². The molecule has 33 heavy (non-hydrogen) atoms. The Morgan fingerprint density at radius 2 is 2.12 bits per heavy atom. The summed E-state index contributed by atoms with van der Waals surface area (Å²) in [5.41, 5.74) is 5.88. The fourth-order valence-electron chi connectivity index (χ4n) is 3.69. The van der Waals surface area contributed by atoms with E-state index in [0.29, 0.717) is 23.5 Å². The molecule has 2 aliphatic rings. The molecule has 2 atom stereocenters. The predicted molar refractivity (Wildman–Crippen MR) is 122 cm³/mol. The largest absolute Gasteiger partial charge is 0.477 e. The zero-order valence-electron chi connectivity index (χ0n) is 16.8. The van der Waals surface area contributed by atoms with Gasteiger partial charge in [0, 0.05) is 23.1 Å². The normalized spacial score (nSPS) is 20.3. The van der Waals surface area contributed by atoms with E-state index in [4.69, 9.17) is 17.3 Å². The number of nitrogen functional groups attached to an aromatic ring is 1. The Balaban J connectivity index is 1.49. The Morgan fingerprint density at radius 1 is 1.39 bits per heavy atom. The molecule has 11 nitrogen and oxygen atoms in total. The van der Waals surface area contributed by atoms with Crippen LogP contribution in [0, 0.1) is 0 Å². The number of aromatic nitrogens is 2. The maximum Gasteiger partial charge on any atom is 0.353 e. The van der Waals surface area contributed by atoms with Crippen molar-refractivity contribution in [2.75, 3.05) is 5.73 Å². The molecule has 5 N–H and O–H groups in total. The minimum atomic E-state index is -1.21. The van der Waals surface area contributed by atoms with Gasteiger partial charge in [-0.1, -0.05) is 28.1 Å². The molecule has 1 fully saturated rings. The number of nitrogens with zero attached hydrogens (tertiary/aromatic N) is 4. The van der Waals surface area contributed by atoms with Crippen LogP contribution in [0.2, 0.25) is 4.34 Å². The molecule has 14 heteroatoms. The van der Waals surface area contributed by atoms with Gasteiger partial charge in [0.1, 0.15) is 21.8 Å². The molecule has 172 valence electrons. The summed E-state index contributed by atoms with van der Waals surface area (Å²) >= 11 is 8.24. The molecule has 0 radical (unpaired) electrons. The number of fused-ring (bicyclic) bond motifs is 1. The van der Waals surface area contributed by atoms with Crippen LogP contribution < -0.4 is 11.1 Å². The molecular formula is C19H17ClN6O5S2. The number of rotatable bonds is 7. The number of thiazole rings is 1. The Bertz CT molecular complexity index is 1180. The molecule has 0 aromatic carbocycles. The summed E-state index contributed by atoms with van der Waals surface area (Å²) < 4.78 is 0.0571. The molecule has 2 aromatic rings. The highest BCUT2D eigenvalue weighted by Gasteiger charge is 2.53. The minimum Gasteiger partial charge on any atom is -0.477 e. The van der Waals surface area contributed by atoms with Crippen LogP contribution in [-0.2, 0) is 20.1 Å². The van der Waals surface area contributed by atoms with Crippen LogP contribution in [0.5, 0.6) is 0 Å². The lowest BCUT2D eigenvalue weighted by Gasteiger charge is -2.50. The highest BCUT2D eigenvalue weighted by Crippen LogP contribution is 2.41. The Hall–Kier alpha value is -3.16. The number of carbonyl (C=O) groups excluding carboxylic acids is 2. The first-order chi connectivity index (χ1) is 15.8. The third kappa shape index (κ3) is 4.38. The Kier molecular flexibility index (Phi) is 6.54. The molecule has 2 amide bonds. The molecule has 0 aliphatic carbocycles. The maximum absolute atomic E-state index is 12.8. The fraction of sp³-hybridized carbons (Fsp3) is 0.263. The summed E-state index contributed by atoms with van der Waals surface area (Å²) in [6.07, 6.45) is 4.21. The standard InChI is InChI=1S/C19H17ClN6O5S2/c20-15-12(24-19(21)33-15)13(25-31)16(27)23-11-9-1-2-10(14(18(29)30)26(9)17(11)28)32-7-8-3-5-22-6-4-8/h3-6,9,11,31H,1-2,7H2,(H2,21,24)(H,23,27)(H,29,30)/b25-13-. The molecular weight excluding hydrogens is 492 g/mol. The van der Waals surface area contributed by atoms with Crippen LogP contribution in [-0.4, -0.2) is 60.8 Å². The SMILES string of the molecule is Nc1nc(/C(=N/O)C(=O)NC2C(=O)N3C(C(=O)O)=C(SCc4ccncc4)CCC23)c(Cl)s1. The highest BCUT2D eigenvalue weighted by atomic mass is 35.5. The minimum absolute atomic E-state index is 0.0571. The number of oxime groups is 1. The Labute approximate surface area is 200 Å². The number of hydrogen-bond donors (Lipinski definition) is 4. The van der Waals surface area contributed by atoms with Crippen molar-refractivity contribution in [3.05, 3.63) is 50.7 Å². The van der Waals surface area contributed by atoms with Crippen molar-refractivity contribution in [2.24, 2.45) is 5.16 Å². The van der Waals surface area contributed by atoms with Gasteiger partial charge in [-0.2, -0.15) is 0 Å². The van der Waals surface area contributed by atoms with Crippen LogP contribution >= 0.6 is 34.7 Å². The lowest BCUT2D eigenvalue weighted by Crippen LogP contribution is -2.72. The van der Waals surface area contributed by atoms with Crippen LogP contribution in [0.1, 0.15) is 24.1 Å². The first-order valence-corrected chi connectivity index (χ1v) is 11.8. The highest BCUT2D eigenvalue weighted by molar-refractivity contribution is 8.02. The summed E-state index contributed by atoms with van der Waals surface area (Å²) in [7, 11) is 0. The van der Waals surface area contributed by atoms with Crippen molar-refractivity contribution in [3.8, 4) is 0 Å². The number of β-lactam (4-membered cyclic amide) rings is 1. The summed E-state index contributed by atoms with van der Waals surface area (Å²) in [6.45, 7) is 0. The van der Waals surface area contributed by atoms with Gasteiger partial charge in [-0.05, 0) is 30.5 Å². The number of amides is 2. The summed E-state index contributed by atoms with van der Waals surface area (Å²) in [6, 6.07) is 2.17. The van der Waals surface area contributed by atoms with E-state index >= 15 is 0 Å². The van der Waals surface area contributed by atoms with Crippen LogP contribution in [0.4, 0.5) is 5.13 Å². The number of carboxylic acid groups (broad SMARTS) is 1. The van der Waals surface area contributed by atoms with Crippen molar-refractivity contribution in [1.29, 1.82) is 0 Å². The predicted octanol–water partition coefficient (Wildman–Crippen LogP) is 1.67. The fourth-order valence-corrected chi connectivity index (χ4v) is 5.74. The topological polar surface area (TPSA) is 171 Å². The average Bonchev–Trinajstić information content (AvgIpc) is 3.13. The van der Waals surface area contributed by atoms with Gasteiger partial charge in [-0.25, -0.2) is 9.78 Å². The quantitative estimate of drug-likeness (QED) is 0.188. The van der Waals surface area contributed by atoms with Gasteiger partial charge in [0.15, 0.2) is 10.8 Å². The van der Waals surface area contributed by atoms with Crippen molar-refractivity contribution in [1.82, 2.24) is 20.2 Å². The number of halogens is 1. The second-order valence-corrected chi connectivity index (χ2v) is 9.81. The number of nitrogens with one attached hydrogen (secondary N) is 1. The van der Waals surface area contributed by atoms with Crippen molar-refractivity contribution < 1.29 is 24.7 Å². The summed E-state index contributed by atoms with van der Waals surface area (Å²) in [4.78, 5) is 47.1. The number of carbonyl (C=O) groups is 3. The zero-order valence-corrected chi connectivity index (χ0v) is 19.2. The van der Waals surface area contributed by atoms with E-state index in [2.05, 4.69) is 20.4 Å². The molecule has 0 saturated carbocycles. The monoisotopic (exact) mass is 508 g/mol. The van der Waals surface area contributed by atoms with E-state index in [-0.39, 0.29) is 20.9 Å². The van der Waals surface area contributed by atoms with Gasteiger partial charge in [-0.3, -0.25) is 19.5 Å². The van der Waals surface area contributed by atoms with E-state index < -0.39 is 35.6 Å². The van der Waals surface area contributed by atoms with Gasteiger partial charge in [0.05, 0.1) is 6.04 Å². The van der Waals surface area contributed by atoms with E-state index in [9.17, 15) is 24.7 Å². The number of carboxylic acids is 1. The number of nitrogens with two attached hydrogens (primary N) is 1. The molecule has 0 spiro atoms. The molecule has 4 rings (SSSR count). The summed E-state index contributed by atoms with van der Waals surface area (Å²) in [5, 5.41) is 24.6. The van der Waals surface area contributed by atoms with Crippen molar-refractivity contribution in [3.63, 3.8) is 0 Å². The lowest BCUT2D eigenvalue weighted by molar-refractivity contribution is -0.155. The molecule has 1 saturated heterocycles. The van der Waals surface area contributed by atoms with E-state index in [1.54, 1.807) is 12.4 Å². The number of allylic oxidation sites excluding steroid dienone is 1. The van der Waals surface area contributed by atoms with Gasteiger partial charge >= 0.3 is 5.97 Å². The Morgan fingerprint density at radius 3 is 2.73 bits per heavy atom.